The Kier molecular flexibility index (Phi) is 5.48. The molecule has 3 aromatic heterocycles. The van der Waals surface area contributed by atoms with Gasteiger partial charge in [0.1, 0.15) is 6.61 Å². The van der Waals surface area contributed by atoms with Crippen molar-refractivity contribution < 1.29 is 9.13 Å². The zero-order valence-electron chi connectivity index (χ0n) is 17.1. The number of aromatic nitrogens is 7. The Morgan fingerprint density at radius 2 is 1.85 bits per heavy atom. The molecule has 0 aliphatic carbocycles. The summed E-state index contributed by atoms with van der Waals surface area (Å²) in [5.74, 6) is 0.815. The molecule has 3 heterocycles. The first kappa shape index (κ1) is 20.7. The van der Waals surface area contributed by atoms with Gasteiger partial charge in [0.05, 0.1) is 5.69 Å². The van der Waals surface area contributed by atoms with Crippen molar-refractivity contribution in [3.63, 3.8) is 0 Å². The monoisotopic (exact) mass is 464 g/mol. The lowest BCUT2D eigenvalue weighted by Gasteiger charge is -2.11. The van der Waals surface area contributed by atoms with E-state index in [2.05, 4.69) is 25.3 Å². The number of aromatic amines is 1. The van der Waals surface area contributed by atoms with Gasteiger partial charge in [0.25, 0.3) is 11.3 Å². The average molecular weight is 464 g/mol. The molecule has 0 unspecified atom stereocenters. The van der Waals surface area contributed by atoms with Crippen LogP contribution in [-0.2, 0) is 12.4 Å². The van der Waals surface area contributed by atoms with Gasteiger partial charge in [-0.25, -0.2) is 9.37 Å². The van der Waals surface area contributed by atoms with Gasteiger partial charge < -0.3 is 10.5 Å². The number of fused-ring (bicyclic) bond motifs is 1. The van der Waals surface area contributed by atoms with E-state index < -0.39 is 5.82 Å². The molecule has 0 radical (unpaired) electrons. The van der Waals surface area contributed by atoms with Gasteiger partial charge in [-0.3, -0.25) is 14.5 Å². The second kappa shape index (κ2) is 8.74. The number of hydrogen-bond donors (Lipinski definition) is 2. The number of thioether (sulfide) groups is 1. The number of nitrogen functional groups attached to an aromatic ring is 1. The van der Waals surface area contributed by atoms with Gasteiger partial charge >= 0.3 is 0 Å². The van der Waals surface area contributed by atoms with Crippen LogP contribution in [0.1, 0.15) is 11.5 Å². The van der Waals surface area contributed by atoms with Crippen molar-refractivity contribution in [1.29, 1.82) is 0 Å². The van der Waals surface area contributed by atoms with Gasteiger partial charge in [-0.05, 0) is 24.3 Å². The summed E-state index contributed by atoms with van der Waals surface area (Å²) in [7, 11) is 0. The predicted octanol–water partition coefficient (Wildman–Crippen LogP) is 2.59. The zero-order valence-corrected chi connectivity index (χ0v) is 17.9. The maximum Gasteiger partial charge on any atom is 0.274 e. The third kappa shape index (κ3) is 4.28. The first-order valence-electron chi connectivity index (χ1n) is 9.82. The van der Waals surface area contributed by atoms with Gasteiger partial charge in [-0.2, -0.15) is 9.50 Å². The van der Waals surface area contributed by atoms with E-state index in [-0.39, 0.29) is 29.6 Å². The minimum absolute atomic E-state index is 0.0154. The van der Waals surface area contributed by atoms with Crippen molar-refractivity contribution >= 4 is 23.5 Å². The summed E-state index contributed by atoms with van der Waals surface area (Å²) >= 11 is 1.34. The molecule has 3 N–H and O–H groups in total. The maximum absolute atomic E-state index is 14.0. The predicted molar refractivity (Wildman–Crippen MR) is 120 cm³/mol. The van der Waals surface area contributed by atoms with E-state index in [9.17, 15) is 9.18 Å². The standard InChI is InChI=1S/C21H17FN8O2S/c22-15-8-4-5-9-16(15)32-11-17-26-27-21(29(17)14-6-2-1-3-7-14)33-12-13-10-18(31)30-20(24-13)25-19(23)28-30/h1-10H,11-12H2,(H3,23,24,25,28). The SMILES string of the molecule is Nc1nc2nc(CSc3nnc(COc4ccccc4F)n3-c3ccccc3)cc(=O)n2[nH]1. The lowest BCUT2D eigenvalue weighted by atomic mass is 10.3. The molecule has 0 spiro atoms. The Morgan fingerprint density at radius 3 is 2.67 bits per heavy atom. The zero-order chi connectivity index (χ0) is 22.8. The molecule has 0 bridgehead atoms. The molecule has 0 saturated heterocycles. The fourth-order valence-electron chi connectivity index (χ4n) is 3.18. The summed E-state index contributed by atoms with van der Waals surface area (Å²) in [5.41, 5.74) is 6.63. The third-order valence-electron chi connectivity index (χ3n) is 4.66. The fraction of sp³-hybridized carbons (Fsp3) is 0.0952. The van der Waals surface area contributed by atoms with Gasteiger partial charge in [0, 0.05) is 17.5 Å². The Balaban J connectivity index is 1.42. The largest absolute Gasteiger partial charge is 0.483 e. The molecular weight excluding hydrogens is 447 g/mol. The number of hydrogen-bond acceptors (Lipinski definition) is 8. The lowest BCUT2D eigenvalue weighted by Crippen LogP contribution is -2.15. The quantitative estimate of drug-likeness (QED) is 0.352. The molecule has 166 valence electrons. The average Bonchev–Trinajstić information content (AvgIpc) is 3.40. The third-order valence-corrected chi connectivity index (χ3v) is 5.62. The molecule has 12 heteroatoms. The van der Waals surface area contributed by atoms with Crippen molar-refractivity contribution in [1.82, 2.24) is 34.3 Å². The summed E-state index contributed by atoms with van der Waals surface area (Å²) < 4.78 is 22.6. The molecular formula is C21H17FN8O2S. The summed E-state index contributed by atoms with van der Waals surface area (Å²) in [6, 6.07) is 17.1. The number of nitrogens with one attached hydrogen (secondary N) is 1. The van der Waals surface area contributed by atoms with Crippen LogP contribution in [0.5, 0.6) is 5.75 Å². The van der Waals surface area contributed by atoms with Gasteiger partial charge in [0.15, 0.2) is 22.5 Å². The van der Waals surface area contributed by atoms with Crippen LogP contribution in [0.15, 0.2) is 70.6 Å². The van der Waals surface area contributed by atoms with E-state index in [1.807, 2.05) is 34.9 Å². The Hall–Kier alpha value is -4.19. The van der Waals surface area contributed by atoms with Crippen LogP contribution in [0, 0.1) is 5.82 Å². The number of nitrogens with two attached hydrogens (primary N) is 1. The normalized spacial score (nSPS) is 11.2. The summed E-state index contributed by atoms with van der Waals surface area (Å²) in [6.45, 7) is 0.0154. The molecule has 0 saturated carbocycles. The summed E-state index contributed by atoms with van der Waals surface area (Å²) in [4.78, 5) is 20.6. The van der Waals surface area contributed by atoms with E-state index in [1.54, 1.807) is 18.2 Å². The first-order valence-corrected chi connectivity index (χ1v) is 10.8. The van der Waals surface area contributed by atoms with Crippen LogP contribution >= 0.6 is 11.8 Å². The summed E-state index contributed by atoms with van der Waals surface area (Å²) in [5, 5.41) is 11.7. The number of H-pyrrole nitrogens is 1. The van der Waals surface area contributed by atoms with E-state index in [4.69, 9.17) is 10.5 Å². The smallest absolute Gasteiger partial charge is 0.274 e. The first-order chi connectivity index (χ1) is 16.1. The molecule has 5 aromatic rings. The van der Waals surface area contributed by atoms with Crippen molar-refractivity contribution in [2.75, 3.05) is 5.73 Å². The molecule has 5 rings (SSSR count). The topological polar surface area (TPSA) is 129 Å². The summed E-state index contributed by atoms with van der Waals surface area (Å²) in [6.07, 6.45) is 0. The molecule has 0 fully saturated rings. The van der Waals surface area contributed by atoms with Crippen molar-refractivity contribution in [2.24, 2.45) is 0 Å². The number of nitrogens with zero attached hydrogens (tertiary/aromatic N) is 6. The molecule has 0 atom stereocenters. The van der Waals surface area contributed by atoms with E-state index in [0.717, 1.165) is 5.69 Å². The van der Waals surface area contributed by atoms with Gasteiger partial charge in [-0.1, -0.05) is 42.1 Å². The minimum Gasteiger partial charge on any atom is -0.483 e. The van der Waals surface area contributed by atoms with E-state index >= 15 is 0 Å². The highest BCUT2D eigenvalue weighted by molar-refractivity contribution is 7.98. The number of benzene rings is 2. The Labute approximate surface area is 190 Å². The molecule has 0 aliphatic heterocycles. The van der Waals surface area contributed by atoms with Gasteiger partial charge in [-0.15, -0.1) is 10.2 Å². The lowest BCUT2D eigenvalue weighted by molar-refractivity contribution is 0.278. The Bertz CT molecular complexity index is 1480. The van der Waals surface area contributed by atoms with Crippen molar-refractivity contribution in [3.8, 4) is 11.4 Å². The number of para-hydroxylation sites is 2. The highest BCUT2D eigenvalue weighted by Crippen LogP contribution is 2.26. The second-order valence-corrected chi connectivity index (χ2v) is 7.85. The maximum atomic E-state index is 14.0. The Morgan fingerprint density at radius 1 is 1.06 bits per heavy atom. The van der Waals surface area contributed by atoms with Crippen LogP contribution in [0.3, 0.4) is 0 Å². The number of ether oxygens (including phenoxy) is 1. The number of rotatable bonds is 7. The highest BCUT2D eigenvalue weighted by Gasteiger charge is 2.17. The molecule has 2 aromatic carbocycles. The highest BCUT2D eigenvalue weighted by atomic mass is 32.2. The molecule has 0 aliphatic rings. The van der Waals surface area contributed by atoms with Crippen LogP contribution in [0.2, 0.25) is 0 Å². The minimum atomic E-state index is -0.454. The van der Waals surface area contributed by atoms with Crippen LogP contribution in [0.4, 0.5) is 10.3 Å². The van der Waals surface area contributed by atoms with Crippen LogP contribution < -0.4 is 16.0 Å². The number of anilines is 1. The second-order valence-electron chi connectivity index (χ2n) is 6.91. The van der Waals surface area contributed by atoms with Gasteiger partial charge in [0.2, 0.25) is 5.95 Å². The number of halogens is 1. The molecule has 0 amide bonds. The fourth-order valence-corrected chi connectivity index (χ4v) is 4.05. The van der Waals surface area contributed by atoms with E-state index in [1.165, 1.54) is 28.4 Å². The van der Waals surface area contributed by atoms with E-state index in [0.29, 0.717) is 22.4 Å². The molecule has 10 nitrogen and oxygen atoms in total. The van der Waals surface area contributed by atoms with Crippen LogP contribution in [-0.4, -0.2) is 34.3 Å². The van der Waals surface area contributed by atoms with Crippen molar-refractivity contribution in [2.45, 2.75) is 17.5 Å². The van der Waals surface area contributed by atoms with Crippen LogP contribution in [0.25, 0.3) is 11.5 Å². The molecule has 33 heavy (non-hydrogen) atoms. The van der Waals surface area contributed by atoms with Crippen molar-refractivity contribution in [3.05, 3.63) is 88.4 Å².